The predicted octanol–water partition coefficient (Wildman–Crippen LogP) is 2.05. The van der Waals surface area contributed by atoms with Gasteiger partial charge in [-0.3, -0.25) is 14.6 Å². The topological polar surface area (TPSA) is 154 Å². The first kappa shape index (κ1) is 22.8. The molecule has 10 heteroatoms. The third-order valence-corrected chi connectivity index (χ3v) is 4.92. The second-order valence-electron chi connectivity index (χ2n) is 7.02. The molecular weight excluding hydrogens is 412 g/mol. The quantitative estimate of drug-likeness (QED) is 0.345. The van der Waals surface area contributed by atoms with Crippen molar-refractivity contribution in [2.75, 3.05) is 31.0 Å². The average molecular weight is 438 g/mol. The van der Waals surface area contributed by atoms with Gasteiger partial charge in [-0.2, -0.15) is 0 Å². The van der Waals surface area contributed by atoms with E-state index in [9.17, 15) is 9.59 Å². The van der Waals surface area contributed by atoms with Crippen molar-refractivity contribution >= 4 is 41.4 Å². The fourth-order valence-electron chi connectivity index (χ4n) is 3.29. The molecule has 0 saturated carbocycles. The highest BCUT2D eigenvalue weighted by atomic mass is 16.5. The smallest absolute Gasteiger partial charge is 0.252 e. The van der Waals surface area contributed by atoms with Crippen molar-refractivity contribution in [2.24, 2.45) is 16.5 Å². The van der Waals surface area contributed by atoms with E-state index in [-0.39, 0.29) is 17.4 Å². The van der Waals surface area contributed by atoms with E-state index in [1.807, 2.05) is 6.07 Å². The van der Waals surface area contributed by atoms with Crippen LogP contribution in [-0.4, -0.2) is 49.9 Å². The molecular formula is C22H26N6O4. The molecule has 0 aliphatic carbocycles. The number of rotatable bonds is 9. The first-order valence-corrected chi connectivity index (χ1v) is 10.0. The number of nitrogens with two attached hydrogens (primary N) is 2. The zero-order chi connectivity index (χ0) is 22.9. The molecule has 1 aromatic carbocycles. The standard InChI is InChI=1S/C22H26N6O4/c1-31-21-15(17(23)5-8-25-14-6-9-32-10-7-14)3-2-4-18(21)28-19-11-20(27-13-29)26-12-16(19)22(24)30/h2-5,8,11-14H,6-7,9-10,23H2,1H3,(H2,24,30)(H2,26,27,28,29). The maximum atomic E-state index is 11.8. The number of aromatic nitrogens is 1. The van der Waals surface area contributed by atoms with Crippen LogP contribution in [0.15, 0.2) is 41.5 Å². The van der Waals surface area contributed by atoms with Crippen LogP contribution in [0, 0.1) is 0 Å². The molecule has 1 saturated heterocycles. The summed E-state index contributed by atoms with van der Waals surface area (Å²) in [6.45, 7) is 1.43. The molecule has 32 heavy (non-hydrogen) atoms. The average Bonchev–Trinajstić information content (AvgIpc) is 2.79. The van der Waals surface area contributed by atoms with E-state index in [0.29, 0.717) is 34.8 Å². The van der Waals surface area contributed by atoms with E-state index in [4.69, 9.17) is 20.9 Å². The molecule has 2 amide bonds. The molecule has 6 N–H and O–H groups in total. The maximum absolute atomic E-state index is 11.8. The van der Waals surface area contributed by atoms with Crippen molar-refractivity contribution in [1.82, 2.24) is 4.98 Å². The molecule has 0 atom stereocenters. The van der Waals surface area contributed by atoms with E-state index in [1.54, 1.807) is 24.4 Å². The summed E-state index contributed by atoms with van der Waals surface area (Å²) in [4.78, 5) is 31.1. The lowest BCUT2D eigenvalue weighted by Gasteiger charge is -2.18. The summed E-state index contributed by atoms with van der Waals surface area (Å²) in [5.41, 5.74) is 13.9. The highest BCUT2D eigenvalue weighted by Gasteiger charge is 2.16. The largest absolute Gasteiger partial charge is 0.494 e. The number of hydrogen-bond donors (Lipinski definition) is 4. The Bertz CT molecular complexity index is 1030. The lowest BCUT2D eigenvalue weighted by Crippen LogP contribution is -2.18. The minimum absolute atomic E-state index is 0.154. The fourth-order valence-corrected chi connectivity index (χ4v) is 3.29. The van der Waals surface area contributed by atoms with Crippen LogP contribution in [0.3, 0.4) is 0 Å². The van der Waals surface area contributed by atoms with Gasteiger partial charge < -0.3 is 31.6 Å². The van der Waals surface area contributed by atoms with Crippen LogP contribution in [0.25, 0.3) is 5.70 Å². The molecule has 0 unspecified atom stereocenters. The van der Waals surface area contributed by atoms with Gasteiger partial charge in [-0.05, 0) is 31.1 Å². The number of amides is 2. The number of allylic oxidation sites excluding steroid dienone is 1. The number of primary amides is 1. The third kappa shape index (κ3) is 5.61. The third-order valence-electron chi connectivity index (χ3n) is 4.92. The molecule has 2 aromatic rings. The van der Waals surface area contributed by atoms with Crippen LogP contribution in [0.2, 0.25) is 0 Å². The zero-order valence-corrected chi connectivity index (χ0v) is 17.7. The zero-order valence-electron chi connectivity index (χ0n) is 17.7. The van der Waals surface area contributed by atoms with Gasteiger partial charge in [0.05, 0.1) is 30.1 Å². The van der Waals surface area contributed by atoms with Gasteiger partial charge >= 0.3 is 0 Å². The number of benzene rings is 1. The monoisotopic (exact) mass is 438 g/mol. The Hall–Kier alpha value is -3.92. The highest BCUT2D eigenvalue weighted by Crippen LogP contribution is 2.35. The fraction of sp³-hybridized carbons (Fsp3) is 0.273. The van der Waals surface area contributed by atoms with Gasteiger partial charge in [0.15, 0.2) is 5.75 Å². The van der Waals surface area contributed by atoms with Gasteiger partial charge in [-0.25, -0.2) is 4.98 Å². The van der Waals surface area contributed by atoms with E-state index >= 15 is 0 Å². The van der Waals surface area contributed by atoms with E-state index in [1.165, 1.54) is 19.4 Å². The molecule has 0 bridgehead atoms. The highest BCUT2D eigenvalue weighted by molar-refractivity contribution is 6.00. The van der Waals surface area contributed by atoms with E-state index in [0.717, 1.165) is 26.1 Å². The number of ether oxygens (including phenoxy) is 2. The Labute approximate surface area is 185 Å². The Morgan fingerprint density at radius 2 is 2.03 bits per heavy atom. The first-order valence-electron chi connectivity index (χ1n) is 10.0. The Morgan fingerprint density at radius 3 is 2.72 bits per heavy atom. The second-order valence-corrected chi connectivity index (χ2v) is 7.02. The number of carbonyl (C=O) groups is 2. The van der Waals surface area contributed by atoms with Crippen LogP contribution in [0.5, 0.6) is 5.75 Å². The van der Waals surface area contributed by atoms with Crippen LogP contribution in [-0.2, 0) is 9.53 Å². The summed E-state index contributed by atoms with van der Waals surface area (Å²) in [5, 5.41) is 5.56. The van der Waals surface area contributed by atoms with E-state index < -0.39 is 5.91 Å². The van der Waals surface area contributed by atoms with Crippen LogP contribution >= 0.6 is 0 Å². The van der Waals surface area contributed by atoms with Gasteiger partial charge in [-0.15, -0.1) is 0 Å². The molecule has 10 nitrogen and oxygen atoms in total. The van der Waals surface area contributed by atoms with Crippen molar-refractivity contribution in [3.63, 3.8) is 0 Å². The second kappa shape index (κ2) is 10.9. The number of pyridine rings is 1. The normalized spacial score (nSPS) is 14.8. The summed E-state index contributed by atoms with van der Waals surface area (Å²) >= 11 is 0. The van der Waals surface area contributed by atoms with Crippen molar-refractivity contribution in [3.05, 3.63) is 47.7 Å². The number of aliphatic imine (C=N–C) groups is 1. The summed E-state index contributed by atoms with van der Waals surface area (Å²) in [6, 6.07) is 7.12. The Morgan fingerprint density at radius 1 is 1.25 bits per heavy atom. The van der Waals surface area contributed by atoms with Crippen LogP contribution < -0.4 is 26.8 Å². The Balaban J connectivity index is 1.89. The number of para-hydroxylation sites is 1. The van der Waals surface area contributed by atoms with Crippen LogP contribution in [0.1, 0.15) is 28.8 Å². The number of hydrogen-bond acceptors (Lipinski definition) is 8. The molecule has 1 aliphatic heterocycles. The number of nitrogens with one attached hydrogen (secondary N) is 2. The van der Waals surface area contributed by atoms with Crippen molar-refractivity contribution in [2.45, 2.75) is 18.9 Å². The maximum Gasteiger partial charge on any atom is 0.252 e. The Kier molecular flexibility index (Phi) is 7.76. The molecule has 1 fully saturated rings. The summed E-state index contributed by atoms with van der Waals surface area (Å²) in [6.07, 6.45) is 6.99. The SMILES string of the molecule is COc1c(Nc2cc(NC=O)ncc2C(N)=O)cccc1C(N)=CC=NC1CCOCC1. The van der Waals surface area contributed by atoms with Crippen molar-refractivity contribution in [1.29, 1.82) is 0 Å². The molecule has 168 valence electrons. The number of anilines is 3. The van der Waals surface area contributed by atoms with Gasteiger partial charge in [0, 0.05) is 43.0 Å². The van der Waals surface area contributed by atoms with Crippen LogP contribution in [0.4, 0.5) is 17.2 Å². The minimum Gasteiger partial charge on any atom is -0.494 e. The summed E-state index contributed by atoms with van der Waals surface area (Å²) in [5.74, 6) is 0.0562. The molecule has 0 spiro atoms. The molecule has 2 heterocycles. The van der Waals surface area contributed by atoms with Crippen molar-refractivity contribution in [3.8, 4) is 5.75 Å². The first-order chi connectivity index (χ1) is 15.5. The molecule has 1 aromatic heterocycles. The lowest BCUT2D eigenvalue weighted by molar-refractivity contribution is -0.105. The summed E-state index contributed by atoms with van der Waals surface area (Å²) < 4.78 is 10.9. The summed E-state index contributed by atoms with van der Waals surface area (Å²) in [7, 11) is 1.52. The number of nitrogens with zero attached hydrogens (tertiary/aromatic N) is 2. The number of methoxy groups -OCH3 is 1. The van der Waals surface area contributed by atoms with Gasteiger partial charge in [0.2, 0.25) is 6.41 Å². The molecule has 1 aliphatic rings. The van der Waals surface area contributed by atoms with Gasteiger partial charge in [0.1, 0.15) is 5.82 Å². The lowest BCUT2D eigenvalue weighted by atomic mass is 10.1. The number of carbonyl (C=O) groups excluding carboxylic acids is 2. The van der Waals surface area contributed by atoms with Crippen molar-refractivity contribution < 1.29 is 19.1 Å². The van der Waals surface area contributed by atoms with Gasteiger partial charge in [-0.1, -0.05) is 6.07 Å². The minimum atomic E-state index is -0.670. The molecule has 3 rings (SSSR count). The van der Waals surface area contributed by atoms with Gasteiger partial charge in [0.25, 0.3) is 5.91 Å². The van der Waals surface area contributed by atoms with E-state index in [2.05, 4.69) is 20.6 Å². The predicted molar refractivity (Wildman–Crippen MR) is 123 cm³/mol. The molecule has 0 radical (unpaired) electrons.